The van der Waals surface area contributed by atoms with Crippen LogP contribution in [-0.4, -0.2) is 42.3 Å². The molecule has 0 unspecified atom stereocenters. The van der Waals surface area contributed by atoms with Gasteiger partial charge in [-0.15, -0.1) is 0 Å². The zero-order chi connectivity index (χ0) is 22.0. The fraction of sp³-hybridized carbons (Fsp3) is 0.636. The van der Waals surface area contributed by atoms with Gasteiger partial charge in [0.15, 0.2) is 5.58 Å². The van der Waals surface area contributed by atoms with E-state index in [4.69, 9.17) is 4.42 Å². The van der Waals surface area contributed by atoms with Gasteiger partial charge in [0.05, 0.1) is 10.4 Å². The van der Waals surface area contributed by atoms with Crippen molar-refractivity contribution in [3.63, 3.8) is 0 Å². The third-order valence-electron chi connectivity index (χ3n) is 6.69. The summed E-state index contributed by atoms with van der Waals surface area (Å²) >= 11 is 0. The van der Waals surface area contributed by atoms with Crippen LogP contribution in [-0.2, 0) is 21.4 Å². The number of nitrogens with one attached hydrogen (secondary N) is 1. The quantitative estimate of drug-likeness (QED) is 0.700. The van der Waals surface area contributed by atoms with E-state index >= 15 is 0 Å². The number of carbonyl (C=O) groups is 1. The topological polar surface area (TPSA) is 102 Å². The van der Waals surface area contributed by atoms with Crippen molar-refractivity contribution in [1.29, 1.82) is 0 Å². The van der Waals surface area contributed by atoms with Crippen molar-refractivity contribution in [2.75, 3.05) is 13.1 Å². The summed E-state index contributed by atoms with van der Waals surface area (Å²) < 4.78 is 33.7. The Morgan fingerprint density at radius 1 is 1.16 bits per heavy atom. The number of nitrogens with zero attached hydrogens (tertiary/aromatic N) is 2. The molecule has 0 atom stereocenters. The van der Waals surface area contributed by atoms with Crippen molar-refractivity contribution in [1.82, 2.24) is 14.2 Å². The lowest BCUT2D eigenvalue weighted by molar-refractivity contribution is -0.122. The maximum atomic E-state index is 12.8. The Labute approximate surface area is 182 Å². The maximum absolute atomic E-state index is 12.8. The number of oxazole rings is 1. The van der Waals surface area contributed by atoms with Crippen LogP contribution in [0.25, 0.3) is 11.1 Å². The first-order chi connectivity index (χ1) is 14.9. The van der Waals surface area contributed by atoms with E-state index in [1.807, 2.05) is 0 Å². The van der Waals surface area contributed by atoms with Crippen LogP contribution in [0.15, 0.2) is 32.3 Å². The minimum atomic E-state index is -3.58. The van der Waals surface area contributed by atoms with Gasteiger partial charge in [0.2, 0.25) is 15.9 Å². The van der Waals surface area contributed by atoms with E-state index in [2.05, 4.69) is 12.2 Å². The molecule has 1 saturated carbocycles. The molecule has 0 radical (unpaired) electrons. The molecule has 8 nitrogen and oxygen atoms in total. The molecule has 1 aromatic heterocycles. The molecule has 1 aliphatic heterocycles. The monoisotopic (exact) mass is 449 g/mol. The van der Waals surface area contributed by atoms with E-state index in [-0.39, 0.29) is 35.4 Å². The van der Waals surface area contributed by atoms with Crippen molar-refractivity contribution >= 4 is 27.0 Å². The molecule has 1 aromatic carbocycles. The number of fused-ring (bicyclic) bond motifs is 1. The first-order valence-corrected chi connectivity index (χ1v) is 12.8. The Bertz CT molecular complexity index is 1090. The van der Waals surface area contributed by atoms with E-state index < -0.39 is 15.8 Å². The largest absolute Gasteiger partial charge is 0.419 e. The van der Waals surface area contributed by atoms with Gasteiger partial charge in [0.1, 0.15) is 0 Å². The van der Waals surface area contributed by atoms with Crippen LogP contribution in [0.2, 0.25) is 0 Å². The number of rotatable bonds is 7. The fourth-order valence-corrected chi connectivity index (χ4v) is 6.26. The normalized spacial score (nSPS) is 22.7. The van der Waals surface area contributed by atoms with Crippen LogP contribution in [0.3, 0.4) is 0 Å². The summed E-state index contributed by atoms with van der Waals surface area (Å²) in [6, 6.07) is 4.72. The number of carbonyl (C=O) groups excluding carboxylic acids is 1. The van der Waals surface area contributed by atoms with Gasteiger partial charge in [-0.2, -0.15) is 4.31 Å². The second-order valence-electron chi connectivity index (χ2n) is 8.70. The van der Waals surface area contributed by atoms with Crippen LogP contribution < -0.4 is 11.1 Å². The molecule has 2 fully saturated rings. The number of hydrogen-bond acceptors (Lipinski definition) is 5. The van der Waals surface area contributed by atoms with Crippen molar-refractivity contribution in [3.8, 4) is 0 Å². The Morgan fingerprint density at radius 2 is 1.87 bits per heavy atom. The van der Waals surface area contributed by atoms with E-state index in [9.17, 15) is 18.0 Å². The van der Waals surface area contributed by atoms with Crippen LogP contribution in [0.4, 0.5) is 0 Å². The summed E-state index contributed by atoms with van der Waals surface area (Å²) in [7, 11) is -3.58. The third-order valence-corrected chi connectivity index (χ3v) is 8.59. The summed E-state index contributed by atoms with van der Waals surface area (Å²) in [5, 5.41) is 3.08. The SMILES string of the molecule is CCC1CCC(NC(=O)CCn2c(=O)oc3cc(S(=O)(=O)N4CCCC4)ccc32)CC1. The summed E-state index contributed by atoms with van der Waals surface area (Å²) in [5.41, 5.74) is 0.727. The molecule has 9 heteroatoms. The molecule has 2 aliphatic rings. The lowest BCUT2D eigenvalue weighted by Crippen LogP contribution is -2.38. The fourth-order valence-electron chi connectivity index (χ4n) is 4.72. The molecule has 0 spiro atoms. The smallest absolute Gasteiger partial charge is 0.408 e. The predicted octanol–water partition coefficient (Wildman–Crippen LogP) is 2.85. The Balaban J connectivity index is 1.42. The zero-order valence-electron chi connectivity index (χ0n) is 18.0. The maximum Gasteiger partial charge on any atom is 0.419 e. The summed E-state index contributed by atoms with van der Waals surface area (Å²) in [6.45, 7) is 3.43. The number of aromatic nitrogens is 1. The molecular formula is C22H31N3O5S. The van der Waals surface area contributed by atoms with E-state index in [0.717, 1.165) is 44.4 Å². The highest BCUT2D eigenvalue weighted by molar-refractivity contribution is 7.89. The molecule has 1 amide bonds. The second kappa shape index (κ2) is 9.16. The van der Waals surface area contributed by atoms with Crippen LogP contribution >= 0.6 is 0 Å². The van der Waals surface area contributed by atoms with Crippen molar-refractivity contribution in [2.45, 2.75) is 75.8 Å². The van der Waals surface area contributed by atoms with E-state index in [1.165, 1.54) is 27.4 Å². The minimum absolute atomic E-state index is 0.0746. The van der Waals surface area contributed by atoms with Gasteiger partial charge < -0.3 is 9.73 Å². The van der Waals surface area contributed by atoms with E-state index in [0.29, 0.717) is 18.6 Å². The summed E-state index contributed by atoms with van der Waals surface area (Å²) in [4.78, 5) is 24.9. The van der Waals surface area contributed by atoms with E-state index in [1.54, 1.807) is 6.07 Å². The van der Waals surface area contributed by atoms with Gasteiger partial charge in [0.25, 0.3) is 0 Å². The first kappa shape index (κ1) is 22.1. The zero-order valence-corrected chi connectivity index (χ0v) is 18.8. The highest BCUT2D eigenvalue weighted by Gasteiger charge is 2.28. The molecule has 2 heterocycles. The third kappa shape index (κ3) is 4.72. The Kier molecular flexibility index (Phi) is 6.52. The number of amides is 1. The van der Waals surface area contributed by atoms with Crippen molar-refractivity contribution in [2.24, 2.45) is 5.92 Å². The van der Waals surface area contributed by atoms with Gasteiger partial charge in [-0.1, -0.05) is 13.3 Å². The minimum Gasteiger partial charge on any atom is -0.408 e. The lowest BCUT2D eigenvalue weighted by atomic mass is 9.84. The molecule has 1 N–H and O–H groups in total. The summed E-state index contributed by atoms with van der Waals surface area (Å²) in [6.07, 6.45) is 7.39. The average Bonchev–Trinajstić information content (AvgIpc) is 3.40. The number of aryl methyl sites for hydroxylation is 1. The number of benzene rings is 1. The molecular weight excluding hydrogens is 418 g/mol. The summed E-state index contributed by atoms with van der Waals surface area (Å²) in [5.74, 6) is 0.111. The Morgan fingerprint density at radius 3 is 2.55 bits per heavy atom. The van der Waals surface area contributed by atoms with Gasteiger partial charge >= 0.3 is 5.76 Å². The molecule has 4 rings (SSSR count). The molecule has 1 aliphatic carbocycles. The molecule has 31 heavy (non-hydrogen) atoms. The van der Waals surface area contributed by atoms with Crippen molar-refractivity contribution < 1.29 is 17.6 Å². The van der Waals surface area contributed by atoms with Crippen LogP contribution in [0.5, 0.6) is 0 Å². The highest BCUT2D eigenvalue weighted by Crippen LogP contribution is 2.27. The Hall–Kier alpha value is -2.13. The second-order valence-corrected chi connectivity index (χ2v) is 10.6. The van der Waals surface area contributed by atoms with Crippen LogP contribution in [0.1, 0.15) is 58.3 Å². The molecule has 1 saturated heterocycles. The lowest BCUT2D eigenvalue weighted by Gasteiger charge is -2.28. The predicted molar refractivity (Wildman–Crippen MR) is 117 cm³/mol. The first-order valence-electron chi connectivity index (χ1n) is 11.3. The molecule has 170 valence electrons. The van der Waals surface area contributed by atoms with Gasteiger partial charge in [-0.25, -0.2) is 13.2 Å². The van der Waals surface area contributed by atoms with Crippen molar-refractivity contribution in [3.05, 3.63) is 28.7 Å². The van der Waals surface area contributed by atoms with Crippen LogP contribution in [0, 0.1) is 5.92 Å². The highest BCUT2D eigenvalue weighted by atomic mass is 32.2. The number of sulfonamides is 1. The van der Waals surface area contributed by atoms with Gasteiger partial charge in [-0.3, -0.25) is 9.36 Å². The van der Waals surface area contributed by atoms with Gasteiger partial charge in [0, 0.05) is 38.2 Å². The average molecular weight is 450 g/mol. The number of hydrogen-bond donors (Lipinski definition) is 1. The molecule has 2 aromatic rings. The molecule has 0 bridgehead atoms. The van der Waals surface area contributed by atoms with Gasteiger partial charge in [-0.05, 0) is 56.6 Å². The standard InChI is InChI=1S/C22H31N3O5S/c1-2-16-5-7-17(8-6-16)23-21(26)11-14-25-19-10-9-18(15-20(19)30-22(25)27)31(28,29)24-12-3-4-13-24/h9-10,15-17H,2-8,11-14H2,1H3,(H,23,26).